The Hall–Kier alpha value is -2.67. The fourth-order valence-electron chi connectivity index (χ4n) is 4.02. The predicted octanol–water partition coefficient (Wildman–Crippen LogP) is 2.77. The maximum Gasteiger partial charge on any atom is 0.225 e. The molecule has 1 atom stereocenters. The van der Waals surface area contributed by atoms with E-state index in [0.717, 1.165) is 47.8 Å². The van der Waals surface area contributed by atoms with Crippen LogP contribution in [0.1, 0.15) is 35.2 Å². The predicted molar refractivity (Wildman–Crippen MR) is 112 cm³/mol. The zero-order valence-electron chi connectivity index (χ0n) is 16.6. The summed E-state index contributed by atoms with van der Waals surface area (Å²) in [6.45, 7) is 6.09. The quantitative estimate of drug-likeness (QED) is 0.752. The zero-order chi connectivity index (χ0) is 20.5. The number of rotatable bonds is 4. The molecule has 0 aliphatic carbocycles. The van der Waals surface area contributed by atoms with Crippen molar-refractivity contribution in [3.05, 3.63) is 45.9 Å². The minimum Gasteiger partial charge on any atom is -0.356 e. The van der Waals surface area contributed by atoms with Crippen molar-refractivity contribution >= 4 is 34.9 Å². The number of pyridine rings is 2. The molecule has 4 rings (SSSR count). The first-order valence-electron chi connectivity index (χ1n) is 9.85. The van der Waals surface area contributed by atoms with E-state index in [1.807, 2.05) is 32.2 Å². The maximum atomic E-state index is 12.4. The maximum absolute atomic E-state index is 12.4. The van der Waals surface area contributed by atoms with E-state index in [0.29, 0.717) is 18.1 Å². The second-order valence-corrected chi connectivity index (χ2v) is 8.12. The van der Waals surface area contributed by atoms with Gasteiger partial charge in [0.25, 0.3) is 0 Å². The van der Waals surface area contributed by atoms with Gasteiger partial charge < -0.3 is 15.5 Å². The molecule has 2 N–H and O–H groups in total. The first-order valence-corrected chi connectivity index (χ1v) is 10.2. The number of carbonyl (C=O) groups excluding carboxylic acids is 2. The Labute approximate surface area is 174 Å². The van der Waals surface area contributed by atoms with Crippen molar-refractivity contribution in [2.24, 2.45) is 5.92 Å². The zero-order valence-corrected chi connectivity index (χ0v) is 17.3. The molecular weight excluding hydrogens is 390 g/mol. The van der Waals surface area contributed by atoms with Gasteiger partial charge in [0.05, 0.1) is 11.4 Å². The second kappa shape index (κ2) is 7.99. The number of nitrogens with zero attached hydrogens (tertiary/aromatic N) is 3. The van der Waals surface area contributed by atoms with Gasteiger partial charge in [0.2, 0.25) is 11.8 Å². The molecule has 1 unspecified atom stereocenters. The molecule has 152 valence electrons. The molecule has 2 amide bonds. The third kappa shape index (κ3) is 4.19. The fourth-order valence-corrected chi connectivity index (χ4v) is 4.20. The van der Waals surface area contributed by atoms with Gasteiger partial charge in [0, 0.05) is 38.2 Å². The number of amides is 2. The highest BCUT2D eigenvalue weighted by molar-refractivity contribution is 6.29. The summed E-state index contributed by atoms with van der Waals surface area (Å²) in [6, 6.07) is 3.93. The van der Waals surface area contributed by atoms with Gasteiger partial charge in [-0.1, -0.05) is 11.6 Å². The van der Waals surface area contributed by atoms with Crippen molar-refractivity contribution in [3.8, 4) is 0 Å². The van der Waals surface area contributed by atoms with Gasteiger partial charge in [-0.15, -0.1) is 0 Å². The van der Waals surface area contributed by atoms with Crippen LogP contribution in [0, 0.1) is 19.8 Å². The lowest BCUT2D eigenvalue weighted by molar-refractivity contribution is -0.126. The van der Waals surface area contributed by atoms with Crippen LogP contribution in [0.4, 0.5) is 11.5 Å². The summed E-state index contributed by atoms with van der Waals surface area (Å²) >= 11 is 6.00. The standard InChI is InChI=1S/C21H24ClN5O2/c1-12-7-18(27-6-4-14-8-17(22)24-10-16(14)11-27)25-13(2)20(12)26-19(28)9-15-3-5-23-21(15)29/h7-8,10,15H,3-6,9,11H2,1-2H3,(H,23,29)(H,26,28). The Balaban J connectivity index is 1.48. The molecular formula is C21H24ClN5O2. The second-order valence-electron chi connectivity index (χ2n) is 7.73. The fraction of sp³-hybridized carbons (Fsp3) is 0.429. The Morgan fingerprint density at radius 2 is 2.17 bits per heavy atom. The van der Waals surface area contributed by atoms with Crippen molar-refractivity contribution in [2.45, 2.75) is 39.7 Å². The van der Waals surface area contributed by atoms with E-state index in [4.69, 9.17) is 16.6 Å². The minimum absolute atomic E-state index is 0.0387. The Morgan fingerprint density at radius 3 is 2.90 bits per heavy atom. The van der Waals surface area contributed by atoms with E-state index in [-0.39, 0.29) is 24.2 Å². The molecule has 1 saturated heterocycles. The summed E-state index contributed by atoms with van der Waals surface area (Å²) in [6.07, 6.45) is 3.62. The van der Waals surface area contributed by atoms with Crippen LogP contribution in [0.3, 0.4) is 0 Å². The molecule has 2 aromatic heterocycles. The van der Waals surface area contributed by atoms with Gasteiger partial charge in [0.1, 0.15) is 11.0 Å². The van der Waals surface area contributed by atoms with E-state index < -0.39 is 0 Å². The molecule has 2 aliphatic rings. The number of aryl methyl sites for hydroxylation is 2. The molecule has 0 spiro atoms. The largest absolute Gasteiger partial charge is 0.356 e. The highest BCUT2D eigenvalue weighted by atomic mass is 35.5. The summed E-state index contributed by atoms with van der Waals surface area (Å²) in [5.41, 5.74) is 4.84. The van der Waals surface area contributed by atoms with Crippen LogP contribution in [0.5, 0.6) is 0 Å². The van der Waals surface area contributed by atoms with E-state index in [1.54, 1.807) is 0 Å². The topological polar surface area (TPSA) is 87.2 Å². The van der Waals surface area contributed by atoms with Crippen LogP contribution < -0.4 is 15.5 Å². The number of carbonyl (C=O) groups is 2. The van der Waals surface area contributed by atoms with E-state index in [1.165, 1.54) is 5.56 Å². The Bertz CT molecular complexity index is 955. The number of hydrogen-bond donors (Lipinski definition) is 2. The summed E-state index contributed by atoms with van der Waals surface area (Å²) in [7, 11) is 0. The van der Waals surface area contributed by atoms with Crippen LogP contribution in [-0.4, -0.2) is 34.9 Å². The third-order valence-electron chi connectivity index (χ3n) is 5.63. The normalized spacial score (nSPS) is 18.4. The Morgan fingerprint density at radius 1 is 1.34 bits per heavy atom. The van der Waals surface area contributed by atoms with Gasteiger partial charge in [-0.05, 0) is 55.5 Å². The number of nitrogens with one attached hydrogen (secondary N) is 2. The molecule has 8 heteroatoms. The lowest BCUT2D eigenvalue weighted by Gasteiger charge is -2.30. The van der Waals surface area contributed by atoms with Crippen LogP contribution in [0.25, 0.3) is 0 Å². The smallest absolute Gasteiger partial charge is 0.225 e. The van der Waals surface area contributed by atoms with Gasteiger partial charge in [0.15, 0.2) is 0 Å². The molecule has 0 radical (unpaired) electrons. The molecule has 4 heterocycles. The van der Waals surface area contributed by atoms with Crippen molar-refractivity contribution in [1.82, 2.24) is 15.3 Å². The monoisotopic (exact) mass is 413 g/mol. The minimum atomic E-state index is -0.238. The summed E-state index contributed by atoms with van der Waals surface area (Å²) in [5, 5.41) is 6.25. The lowest BCUT2D eigenvalue weighted by atomic mass is 10.0. The summed E-state index contributed by atoms with van der Waals surface area (Å²) < 4.78 is 0. The number of hydrogen-bond acceptors (Lipinski definition) is 5. The van der Waals surface area contributed by atoms with Crippen molar-refractivity contribution in [2.75, 3.05) is 23.3 Å². The molecule has 29 heavy (non-hydrogen) atoms. The molecule has 0 aromatic carbocycles. The van der Waals surface area contributed by atoms with Crippen molar-refractivity contribution in [1.29, 1.82) is 0 Å². The SMILES string of the molecule is Cc1cc(N2CCc3cc(Cl)ncc3C2)nc(C)c1NC(=O)CC1CCNC1=O. The molecule has 1 fully saturated rings. The Kier molecular flexibility index (Phi) is 5.41. The highest BCUT2D eigenvalue weighted by Crippen LogP contribution is 2.29. The van der Waals surface area contributed by atoms with E-state index in [2.05, 4.69) is 20.5 Å². The van der Waals surface area contributed by atoms with Gasteiger partial charge in [-0.25, -0.2) is 9.97 Å². The third-order valence-corrected chi connectivity index (χ3v) is 5.84. The average Bonchev–Trinajstić information content (AvgIpc) is 3.08. The lowest BCUT2D eigenvalue weighted by Crippen LogP contribution is -2.31. The molecule has 7 nitrogen and oxygen atoms in total. The molecule has 2 aromatic rings. The number of aromatic nitrogens is 2. The van der Waals surface area contributed by atoms with Crippen molar-refractivity contribution in [3.63, 3.8) is 0 Å². The average molecular weight is 414 g/mol. The van der Waals surface area contributed by atoms with Crippen LogP contribution in [0.2, 0.25) is 5.15 Å². The van der Waals surface area contributed by atoms with Gasteiger partial charge in [-0.2, -0.15) is 0 Å². The molecule has 0 bridgehead atoms. The van der Waals surface area contributed by atoms with E-state index in [9.17, 15) is 9.59 Å². The highest BCUT2D eigenvalue weighted by Gasteiger charge is 2.27. The summed E-state index contributed by atoms with van der Waals surface area (Å²) in [4.78, 5) is 35.3. The molecule has 2 aliphatic heterocycles. The van der Waals surface area contributed by atoms with Crippen LogP contribution >= 0.6 is 11.6 Å². The van der Waals surface area contributed by atoms with Crippen LogP contribution in [0.15, 0.2) is 18.3 Å². The summed E-state index contributed by atoms with van der Waals surface area (Å²) in [5.74, 6) is 0.457. The van der Waals surface area contributed by atoms with Gasteiger partial charge in [-0.3, -0.25) is 9.59 Å². The van der Waals surface area contributed by atoms with Crippen molar-refractivity contribution < 1.29 is 9.59 Å². The number of halogens is 1. The van der Waals surface area contributed by atoms with Crippen LogP contribution in [-0.2, 0) is 22.6 Å². The first kappa shape index (κ1) is 19.6. The van der Waals surface area contributed by atoms with E-state index >= 15 is 0 Å². The number of fused-ring (bicyclic) bond motifs is 1. The van der Waals surface area contributed by atoms with Gasteiger partial charge >= 0.3 is 0 Å². The molecule has 0 saturated carbocycles. The number of anilines is 2. The first-order chi connectivity index (χ1) is 13.9.